The second-order valence-electron chi connectivity index (χ2n) is 5.17. The van der Waals surface area contributed by atoms with Gasteiger partial charge < -0.3 is 15.1 Å². The number of hydrogen-bond acceptors (Lipinski definition) is 5. The van der Waals surface area contributed by atoms with Crippen LogP contribution in [-0.4, -0.2) is 16.7 Å². The predicted molar refractivity (Wildman–Crippen MR) is 75.3 cm³/mol. The van der Waals surface area contributed by atoms with Gasteiger partial charge in [0.1, 0.15) is 5.82 Å². The van der Waals surface area contributed by atoms with E-state index in [1.165, 1.54) is 12.1 Å². The number of hydrogen-bond donors (Lipinski definition) is 2. The van der Waals surface area contributed by atoms with E-state index in [9.17, 15) is 4.39 Å². The van der Waals surface area contributed by atoms with Crippen molar-refractivity contribution in [3.05, 3.63) is 35.5 Å². The van der Waals surface area contributed by atoms with Crippen LogP contribution in [0.5, 0.6) is 0 Å². The molecular formula is C14H19FN4O. The lowest BCUT2D eigenvalue weighted by atomic mass is 10.2. The van der Waals surface area contributed by atoms with E-state index < -0.39 is 0 Å². The van der Waals surface area contributed by atoms with Crippen molar-refractivity contribution in [3.8, 4) is 0 Å². The molecule has 1 aromatic heterocycles. The largest absolute Gasteiger partial charge is 0.406 e. The molecule has 0 bridgehead atoms. The zero-order valence-electron chi connectivity index (χ0n) is 11.9. The Bertz CT molecular complexity index is 548. The fraction of sp³-hybridized carbons (Fsp3) is 0.429. The summed E-state index contributed by atoms with van der Waals surface area (Å²) in [5.74, 6) is 0.762. The lowest BCUT2D eigenvalue weighted by Gasteiger charge is -2.04. The molecule has 0 saturated heterocycles. The number of nitrogens with zero attached hydrogens (tertiary/aromatic N) is 2. The summed E-state index contributed by atoms with van der Waals surface area (Å²) >= 11 is 0. The third-order valence-electron chi connectivity index (χ3n) is 2.59. The maximum atomic E-state index is 13.3. The van der Waals surface area contributed by atoms with E-state index in [0.29, 0.717) is 24.0 Å². The fourth-order valence-corrected chi connectivity index (χ4v) is 1.78. The van der Waals surface area contributed by atoms with E-state index in [1.807, 2.05) is 13.0 Å². The Morgan fingerprint density at radius 2 is 2.05 bits per heavy atom. The minimum absolute atomic E-state index is 0.261. The highest BCUT2D eigenvalue weighted by Gasteiger charge is 2.07. The smallest absolute Gasteiger partial charge is 0.320 e. The Labute approximate surface area is 117 Å². The Kier molecular flexibility index (Phi) is 4.68. The molecule has 2 aromatic rings. The van der Waals surface area contributed by atoms with Gasteiger partial charge in [0, 0.05) is 5.69 Å². The first-order valence-corrected chi connectivity index (χ1v) is 6.60. The molecule has 0 unspecified atom stereocenters. The van der Waals surface area contributed by atoms with Crippen LogP contribution in [0.25, 0.3) is 0 Å². The molecule has 0 radical (unpaired) electrons. The molecule has 0 aliphatic rings. The average Bonchev–Trinajstić information content (AvgIpc) is 2.74. The second-order valence-corrected chi connectivity index (χ2v) is 5.17. The Morgan fingerprint density at radius 3 is 2.75 bits per heavy atom. The van der Waals surface area contributed by atoms with Crippen molar-refractivity contribution >= 4 is 11.7 Å². The normalized spacial score (nSPS) is 11.1. The van der Waals surface area contributed by atoms with Crippen LogP contribution in [0, 0.1) is 18.7 Å². The van der Waals surface area contributed by atoms with E-state index in [-0.39, 0.29) is 11.8 Å². The lowest BCUT2D eigenvalue weighted by molar-refractivity contribution is 0.460. The van der Waals surface area contributed by atoms with Gasteiger partial charge in [0.15, 0.2) is 0 Å². The van der Waals surface area contributed by atoms with Gasteiger partial charge >= 0.3 is 6.01 Å². The van der Waals surface area contributed by atoms with Crippen LogP contribution in [0.15, 0.2) is 22.6 Å². The quantitative estimate of drug-likeness (QED) is 0.850. The molecule has 0 aliphatic carbocycles. The zero-order valence-corrected chi connectivity index (χ0v) is 11.9. The second kappa shape index (κ2) is 6.47. The lowest BCUT2D eigenvalue weighted by Crippen LogP contribution is -2.19. The fourth-order valence-electron chi connectivity index (χ4n) is 1.78. The molecule has 0 spiro atoms. The van der Waals surface area contributed by atoms with Crippen LogP contribution >= 0.6 is 0 Å². The number of anilines is 2. The molecule has 0 fully saturated rings. The van der Waals surface area contributed by atoms with Crippen LogP contribution in [0.4, 0.5) is 16.1 Å². The molecular weight excluding hydrogens is 259 g/mol. The molecule has 0 atom stereocenters. The standard InChI is InChI=1S/C14H19FN4O/c1-9(2)7-16-8-13-18-19-14(20-13)17-12-5-10(3)4-11(15)6-12/h4-6,9,16H,7-8H2,1-3H3,(H,17,19). The van der Waals surface area contributed by atoms with E-state index in [0.717, 1.165) is 12.1 Å². The first kappa shape index (κ1) is 14.5. The van der Waals surface area contributed by atoms with Crippen molar-refractivity contribution < 1.29 is 8.81 Å². The van der Waals surface area contributed by atoms with E-state index in [4.69, 9.17) is 4.42 Å². The Hall–Kier alpha value is -1.95. The average molecular weight is 278 g/mol. The van der Waals surface area contributed by atoms with Crippen molar-refractivity contribution in [2.24, 2.45) is 5.92 Å². The number of rotatable bonds is 6. The summed E-state index contributed by atoms with van der Waals surface area (Å²) in [4.78, 5) is 0. The predicted octanol–water partition coefficient (Wildman–Crippen LogP) is 3.01. The molecule has 2 rings (SSSR count). The van der Waals surface area contributed by atoms with Crippen LogP contribution in [0.3, 0.4) is 0 Å². The van der Waals surface area contributed by atoms with Crippen molar-refractivity contribution in [1.82, 2.24) is 15.5 Å². The topological polar surface area (TPSA) is 63.0 Å². The van der Waals surface area contributed by atoms with Crippen molar-refractivity contribution in [3.63, 3.8) is 0 Å². The highest BCUT2D eigenvalue weighted by molar-refractivity contribution is 5.53. The van der Waals surface area contributed by atoms with Crippen LogP contribution in [0.2, 0.25) is 0 Å². The maximum absolute atomic E-state index is 13.3. The summed E-state index contributed by atoms with van der Waals surface area (Å²) in [6, 6.07) is 4.91. The molecule has 20 heavy (non-hydrogen) atoms. The monoisotopic (exact) mass is 278 g/mol. The molecule has 2 N–H and O–H groups in total. The Morgan fingerprint density at radius 1 is 1.25 bits per heavy atom. The van der Waals surface area contributed by atoms with Crippen LogP contribution < -0.4 is 10.6 Å². The third-order valence-corrected chi connectivity index (χ3v) is 2.59. The highest BCUT2D eigenvalue weighted by atomic mass is 19.1. The number of halogens is 1. The summed E-state index contributed by atoms with van der Waals surface area (Å²) < 4.78 is 18.7. The number of aryl methyl sites for hydroxylation is 1. The first-order chi connectivity index (χ1) is 9.52. The van der Waals surface area contributed by atoms with E-state index in [2.05, 4.69) is 34.7 Å². The van der Waals surface area contributed by atoms with Gasteiger partial charge in [-0.3, -0.25) is 0 Å². The van der Waals surface area contributed by atoms with Crippen LogP contribution in [0.1, 0.15) is 25.3 Å². The highest BCUT2D eigenvalue weighted by Crippen LogP contribution is 2.18. The third kappa shape index (κ3) is 4.31. The van der Waals surface area contributed by atoms with Gasteiger partial charge in [-0.2, -0.15) is 0 Å². The SMILES string of the molecule is Cc1cc(F)cc(Nc2nnc(CNCC(C)C)o2)c1. The number of aromatic nitrogens is 2. The molecule has 1 aromatic carbocycles. The number of benzene rings is 1. The molecule has 1 heterocycles. The van der Waals surface area contributed by atoms with Crippen LogP contribution in [-0.2, 0) is 6.54 Å². The van der Waals surface area contributed by atoms with Crippen molar-refractivity contribution in [1.29, 1.82) is 0 Å². The molecule has 108 valence electrons. The molecule has 0 saturated carbocycles. The molecule has 5 nitrogen and oxygen atoms in total. The van der Waals surface area contributed by atoms with Gasteiger partial charge in [0.25, 0.3) is 0 Å². The first-order valence-electron chi connectivity index (χ1n) is 6.60. The summed E-state index contributed by atoms with van der Waals surface area (Å²) in [6.45, 7) is 7.48. The summed E-state index contributed by atoms with van der Waals surface area (Å²) in [6.07, 6.45) is 0. The molecule has 0 aliphatic heterocycles. The van der Waals surface area contributed by atoms with Gasteiger partial charge in [0.05, 0.1) is 6.54 Å². The van der Waals surface area contributed by atoms with Gasteiger partial charge in [0.2, 0.25) is 5.89 Å². The Balaban J connectivity index is 1.95. The van der Waals surface area contributed by atoms with Gasteiger partial charge in [-0.05, 0) is 43.1 Å². The minimum Gasteiger partial charge on any atom is -0.406 e. The molecule has 0 amide bonds. The van der Waals surface area contributed by atoms with Gasteiger partial charge in [-0.25, -0.2) is 4.39 Å². The zero-order chi connectivity index (χ0) is 14.5. The molecule has 6 heteroatoms. The number of nitrogens with one attached hydrogen (secondary N) is 2. The van der Waals surface area contributed by atoms with E-state index in [1.54, 1.807) is 0 Å². The minimum atomic E-state index is -0.300. The van der Waals surface area contributed by atoms with Crippen molar-refractivity contribution in [2.75, 3.05) is 11.9 Å². The summed E-state index contributed by atoms with van der Waals surface area (Å²) in [5.41, 5.74) is 1.42. The van der Waals surface area contributed by atoms with E-state index >= 15 is 0 Å². The maximum Gasteiger partial charge on any atom is 0.320 e. The van der Waals surface area contributed by atoms with Crippen molar-refractivity contribution in [2.45, 2.75) is 27.3 Å². The summed E-state index contributed by atoms with van der Waals surface area (Å²) in [7, 11) is 0. The van der Waals surface area contributed by atoms with Gasteiger partial charge in [-0.1, -0.05) is 18.9 Å². The van der Waals surface area contributed by atoms with Gasteiger partial charge in [-0.15, -0.1) is 5.10 Å². The summed E-state index contributed by atoms with van der Waals surface area (Å²) in [5, 5.41) is 13.9.